The number of ether oxygens (including phenoxy) is 1. The summed E-state index contributed by atoms with van der Waals surface area (Å²) in [5, 5.41) is 13.5. The molecule has 1 saturated heterocycles. The molecule has 1 aliphatic carbocycles. The van der Waals surface area contributed by atoms with Crippen molar-refractivity contribution in [1.82, 2.24) is 9.97 Å². The Morgan fingerprint density at radius 3 is 2.80 bits per heavy atom. The number of hydrogen-bond donors (Lipinski definition) is 2. The second-order valence-corrected chi connectivity index (χ2v) is 6.63. The van der Waals surface area contributed by atoms with Gasteiger partial charge in [0.05, 0.1) is 18.8 Å². The highest BCUT2D eigenvalue weighted by molar-refractivity contribution is 5.48. The van der Waals surface area contributed by atoms with Gasteiger partial charge in [0, 0.05) is 6.04 Å². The van der Waals surface area contributed by atoms with Crippen LogP contribution in [0.4, 0.5) is 16.2 Å². The quantitative estimate of drug-likeness (QED) is 0.869. The van der Waals surface area contributed by atoms with E-state index in [1.54, 1.807) is 0 Å². The fourth-order valence-corrected chi connectivity index (χ4v) is 3.20. The van der Waals surface area contributed by atoms with Gasteiger partial charge in [0.1, 0.15) is 0 Å². The molecule has 2 N–H and O–H groups in total. The van der Waals surface area contributed by atoms with Crippen LogP contribution in [0.15, 0.2) is 36.5 Å². The van der Waals surface area contributed by atoms with Crippen LogP contribution in [0.5, 0.6) is 0 Å². The van der Waals surface area contributed by atoms with Crippen LogP contribution in [0.2, 0.25) is 0 Å². The molecule has 3 atom stereocenters. The van der Waals surface area contributed by atoms with Crippen molar-refractivity contribution in [1.29, 1.82) is 0 Å². The smallest absolute Gasteiger partial charge is 0.239 e. The molecule has 1 saturated carbocycles. The Hall–Kier alpha value is -2.25. The normalized spacial score (nSPS) is 24.4. The predicted octanol–water partition coefficient (Wildman–Crippen LogP) is 2.68. The lowest BCUT2D eigenvalue weighted by atomic mass is 10.1. The average Bonchev–Trinajstić information content (AvgIpc) is 3.40. The van der Waals surface area contributed by atoms with Gasteiger partial charge in [-0.1, -0.05) is 30.3 Å². The molecule has 25 heavy (non-hydrogen) atoms. The van der Waals surface area contributed by atoms with Gasteiger partial charge in [-0.2, -0.15) is 4.98 Å². The number of aliphatic hydroxyl groups is 1. The number of anilines is 2. The van der Waals surface area contributed by atoms with Crippen molar-refractivity contribution in [2.75, 3.05) is 16.8 Å². The molecule has 2 fully saturated rings. The van der Waals surface area contributed by atoms with Crippen molar-refractivity contribution in [3.63, 3.8) is 0 Å². The van der Waals surface area contributed by atoms with E-state index < -0.39 is 12.2 Å². The van der Waals surface area contributed by atoms with E-state index in [-0.39, 0.29) is 24.5 Å². The van der Waals surface area contributed by atoms with Gasteiger partial charge in [-0.25, -0.2) is 9.37 Å². The SMILES string of the molecule is CC(Nc1ncc(F)c(N2C(O)OCC2c2ccccc2)n1)C1CC1. The number of aliphatic hydroxyl groups excluding tert-OH is 1. The Kier molecular flexibility index (Phi) is 4.27. The molecule has 3 unspecified atom stereocenters. The lowest BCUT2D eigenvalue weighted by molar-refractivity contribution is -0.0580. The van der Waals surface area contributed by atoms with Gasteiger partial charge in [-0.15, -0.1) is 0 Å². The van der Waals surface area contributed by atoms with Gasteiger partial charge >= 0.3 is 0 Å². The minimum Gasteiger partial charge on any atom is -0.351 e. The second-order valence-electron chi connectivity index (χ2n) is 6.63. The summed E-state index contributed by atoms with van der Waals surface area (Å²) in [5.41, 5.74) is 0.929. The van der Waals surface area contributed by atoms with Crippen LogP contribution < -0.4 is 10.2 Å². The van der Waals surface area contributed by atoms with Crippen molar-refractivity contribution < 1.29 is 14.2 Å². The van der Waals surface area contributed by atoms with Crippen molar-refractivity contribution in [2.45, 2.75) is 38.3 Å². The summed E-state index contributed by atoms with van der Waals surface area (Å²) in [6, 6.07) is 9.49. The third-order valence-electron chi connectivity index (χ3n) is 4.82. The molecule has 7 heteroatoms. The molecular formula is C18H21FN4O2. The number of halogens is 1. The Labute approximate surface area is 145 Å². The zero-order valence-electron chi connectivity index (χ0n) is 14.0. The minimum atomic E-state index is -1.25. The molecule has 2 aliphatic rings. The molecule has 0 amide bonds. The monoisotopic (exact) mass is 344 g/mol. The number of hydrogen-bond acceptors (Lipinski definition) is 6. The molecule has 0 bridgehead atoms. The number of rotatable bonds is 5. The maximum absolute atomic E-state index is 14.4. The number of nitrogens with zero attached hydrogens (tertiary/aromatic N) is 3. The van der Waals surface area contributed by atoms with Crippen LogP contribution in [0, 0.1) is 11.7 Å². The standard InChI is InChI=1S/C18H21FN4O2/c1-11(12-7-8-12)21-17-20-9-14(19)16(22-17)23-15(10-25-18(23)24)13-5-3-2-4-6-13/h2-6,9,11-12,15,18,24H,7-8,10H2,1H3,(H,20,21,22). The minimum absolute atomic E-state index is 0.0411. The highest BCUT2D eigenvalue weighted by atomic mass is 19.1. The van der Waals surface area contributed by atoms with Crippen LogP contribution in [-0.4, -0.2) is 34.1 Å². The molecule has 1 aromatic carbocycles. The van der Waals surface area contributed by atoms with Crippen LogP contribution in [0.25, 0.3) is 0 Å². The summed E-state index contributed by atoms with van der Waals surface area (Å²) < 4.78 is 19.8. The lowest BCUT2D eigenvalue weighted by Crippen LogP contribution is -2.34. The van der Waals surface area contributed by atoms with Crippen LogP contribution in [-0.2, 0) is 4.74 Å². The molecule has 0 radical (unpaired) electrons. The van der Waals surface area contributed by atoms with Crippen molar-refractivity contribution in [3.8, 4) is 0 Å². The maximum Gasteiger partial charge on any atom is 0.239 e. The Morgan fingerprint density at radius 2 is 2.08 bits per heavy atom. The number of nitrogens with one attached hydrogen (secondary N) is 1. The van der Waals surface area contributed by atoms with Gasteiger partial charge in [0.15, 0.2) is 11.6 Å². The van der Waals surface area contributed by atoms with E-state index in [4.69, 9.17) is 4.74 Å². The molecule has 2 aromatic rings. The van der Waals surface area contributed by atoms with E-state index in [0.717, 1.165) is 11.8 Å². The summed E-state index contributed by atoms with van der Waals surface area (Å²) in [7, 11) is 0. The number of benzene rings is 1. The van der Waals surface area contributed by atoms with Crippen molar-refractivity contribution >= 4 is 11.8 Å². The largest absolute Gasteiger partial charge is 0.351 e. The molecular weight excluding hydrogens is 323 g/mol. The first-order valence-corrected chi connectivity index (χ1v) is 8.55. The van der Waals surface area contributed by atoms with Gasteiger partial charge in [-0.05, 0) is 31.2 Å². The Balaban J connectivity index is 1.64. The highest BCUT2D eigenvalue weighted by Gasteiger charge is 2.37. The second kappa shape index (κ2) is 6.57. The average molecular weight is 344 g/mol. The fourth-order valence-electron chi connectivity index (χ4n) is 3.20. The fraction of sp³-hybridized carbons (Fsp3) is 0.444. The lowest BCUT2D eigenvalue weighted by Gasteiger charge is -2.27. The third-order valence-corrected chi connectivity index (χ3v) is 4.82. The predicted molar refractivity (Wildman–Crippen MR) is 91.4 cm³/mol. The number of aromatic nitrogens is 2. The molecule has 132 valence electrons. The highest BCUT2D eigenvalue weighted by Crippen LogP contribution is 2.36. The van der Waals surface area contributed by atoms with Gasteiger partial charge in [-0.3, -0.25) is 4.90 Å². The molecule has 6 nitrogen and oxygen atoms in total. The Morgan fingerprint density at radius 1 is 1.32 bits per heavy atom. The topological polar surface area (TPSA) is 70.5 Å². The third kappa shape index (κ3) is 3.29. The first-order valence-electron chi connectivity index (χ1n) is 8.55. The van der Waals surface area contributed by atoms with Gasteiger partial charge in [0.2, 0.25) is 12.4 Å². The van der Waals surface area contributed by atoms with Crippen LogP contribution in [0.3, 0.4) is 0 Å². The van der Waals surface area contributed by atoms with E-state index in [1.165, 1.54) is 17.7 Å². The van der Waals surface area contributed by atoms with E-state index in [2.05, 4.69) is 22.2 Å². The van der Waals surface area contributed by atoms with Gasteiger partial charge in [0.25, 0.3) is 0 Å². The zero-order chi connectivity index (χ0) is 17.4. The first kappa shape index (κ1) is 16.2. The van der Waals surface area contributed by atoms with Crippen molar-refractivity contribution in [3.05, 3.63) is 47.9 Å². The summed E-state index contributed by atoms with van der Waals surface area (Å²) in [6.07, 6.45) is 2.27. The first-order chi connectivity index (χ1) is 12.1. The van der Waals surface area contributed by atoms with E-state index >= 15 is 0 Å². The van der Waals surface area contributed by atoms with E-state index in [0.29, 0.717) is 11.9 Å². The summed E-state index contributed by atoms with van der Waals surface area (Å²) in [6.45, 7) is 2.33. The summed E-state index contributed by atoms with van der Waals surface area (Å²) >= 11 is 0. The maximum atomic E-state index is 14.4. The summed E-state index contributed by atoms with van der Waals surface area (Å²) in [4.78, 5) is 9.81. The molecule has 0 spiro atoms. The summed E-state index contributed by atoms with van der Waals surface area (Å²) in [5.74, 6) is 0.436. The van der Waals surface area contributed by atoms with Crippen molar-refractivity contribution in [2.24, 2.45) is 5.92 Å². The molecule has 1 aromatic heterocycles. The van der Waals surface area contributed by atoms with Gasteiger partial charge < -0.3 is 15.2 Å². The van der Waals surface area contributed by atoms with Crippen LogP contribution in [0.1, 0.15) is 31.4 Å². The molecule has 2 heterocycles. The zero-order valence-corrected chi connectivity index (χ0v) is 14.0. The van der Waals surface area contributed by atoms with E-state index in [9.17, 15) is 9.50 Å². The molecule has 1 aliphatic heterocycles. The van der Waals surface area contributed by atoms with E-state index in [1.807, 2.05) is 30.3 Å². The Bertz CT molecular complexity index is 741. The molecule has 4 rings (SSSR count). The van der Waals surface area contributed by atoms with Crippen LogP contribution >= 0.6 is 0 Å².